The lowest BCUT2D eigenvalue weighted by Gasteiger charge is -2.16. The fourth-order valence-electron chi connectivity index (χ4n) is 2.29. The molecule has 0 aliphatic carbocycles. The molecule has 0 fully saturated rings. The maximum Gasteiger partial charge on any atom is 0.261 e. The van der Waals surface area contributed by atoms with E-state index in [1.54, 1.807) is 30.3 Å². The van der Waals surface area contributed by atoms with Crippen LogP contribution in [0.1, 0.15) is 26.3 Å². The number of rotatable bonds is 2. The van der Waals surface area contributed by atoms with Crippen LogP contribution in [0, 0.1) is 0 Å². The topological polar surface area (TPSA) is 63.4 Å². The van der Waals surface area contributed by atoms with Gasteiger partial charge in [-0.2, -0.15) is 0 Å². The fourth-order valence-corrected chi connectivity index (χ4v) is 2.65. The molecular weight excluding hydrogens is 311 g/mol. The Morgan fingerprint density at radius 1 is 0.952 bits per heavy atom. The molecule has 0 bridgehead atoms. The number of anilines is 1. The highest BCUT2D eigenvalue weighted by Gasteiger charge is 2.35. The highest BCUT2D eigenvalue weighted by molar-refractivity contribution is 6.42. The summed E-state index contributed by atoms with van der Waals surface area (Å²) in [6.45, 7) is 0.0646. The van der Waals surface area contributed by atoms with Gasteiger partial charge in [-0.3, -0.25) is 14.5 Å². The summed E-state index contributed by atoms with van der Waals surface area (Å²) in [5.74, 6) is -0.665. The number of hydrogen-bond donors (Lipinski definition) is 1. The molecule has 0 saturated carbocycles. The molecule has 0 atom stereocenters. The Balaban J connectivity index is 1.96. The van der Waals surface area contributed by atoms with Crippen LogP contribution >= 0.6 is 23.2 Å². The summed E-state index contributed by atoms with van der Waals surface area (Å²) in [6.07, 6.45) is 0. The van der Waals surface area contributed by atoms with Crippen molar-refractivity contribution >= 4 is 40.7 Å². The number of imide groups is 1. The molecule has 1 aliphatic heterocycles. The molecule has 3 rings (SSSR count). The first-order valence-corrected chi connectivity index (χ1v) is 6.93. The number of hydrogen-bond acceptors (Lipinski definition) is 3. The van der Waals surface area contributed by atoms with Gasteiger partial charge in [-0.05, 0) is 29.8 Å². The van der Waals surface area contributed by atoms with Crippen LogP contribution in [0.15, 0.2) is 36.4 Å². The van der Waals surface area contributed by atoms with E-state index in [1.165, 1.54) is 6.07 Å². The molecule has 2 aromatic rings. The number of carbonyl (C=O) groups excluding carboxylic acids is 2. The minimum absolute atomic E-state index is 0.0646. The molecule has 4 nitrogen and oxygen atoms in total. The second-order valence-electron chi connectivity index (χ2n) is 4.71. The van der Waals surface area contributed by atoms with E-state index in [2.05, 4.69) is 0 Å². The third-order valence-corrected chi connectivity index (χ3v) is 4.11. The SMILES string of the molecule is Nc1cc(Cl)c(Cl)cc1CN1C(=O)c2ccccc2C1=O. The summed E-state index contributed by atoms with van der Waals surface area (Å²) in [6, 6.07) is 9.80. The quantitative estimate of drug-likeness (QED) is 0.681. The van der Waals surface area contributed by atoms with Gasteiger partial charge in [0.1, 0.15) is 0 Å². The molecule has 0 unspecified atom stereocenters. The number of nitrogen functional groups attached to an aromatic ring is 1. The van der Waals surface area contributed by atoms with Gasteiger partial charge in [0.15, 0.2) is 0 Å². The molecule has 2 N–H and O–H groups in total. The molecule has 0 radical (unpaired) electrons. The average molecular weight is 321 g/mol. The van der Waals surface area contributed by atoms with E-state index in [-0.39, 0.29) is 18.4 Å². The van der Waals surface area contributed by atoms with E-state index in [0.717, 1.165) is 4.90 Å². The maximum absolute atomic E-state index is 12.3. The number of carbonyl (C=O) groups is 2. The predicted molar refractivity (Wildman–Crippen MR) is 81.5 cm³/mol. The number of benzene rings is 2. The molecule has 0 saturated heterocycles. The summed E-state index contributed by atoms with van der Waals surface area (Å²) in [4.78, 5) is 25.7. The molecule has 0 aromatic heterocycles. The van der Waals surface area contributed by atoms with Gasteiger partial charge in [0.2, 0.25) is 0 Å². The van der Waals surface area contributed by atoms with Crippen LogP contribution in [-0.2, 0) is 6.54 Å². The van der Waals surface area contributed by atoms with Crippen LogP contribution in [-0.4, -0.2) is 16.7 Å². The molecule has 21 heavy (non-hydrogen) atoms. The van der Waals surface area contributed by atoms with Gasteiger partial charge in [-0.25, -0.2) is 0 Å². The predicted octanol–water partition coefficient (Wildman–Crippen LogP) is 3.37. The van der Waals surface area contributed by atoms with E-state index in [0.29, 0.717) is 32.4 Å². The minimum atomic E-state index is -0.332. The van der Waals surface area contributed by atoms with Crippen molar-refractivity contribution in [2.45, 2.75) is 6.54 Å². The van der Waals surface area contributed by atoms with E-state index >= 15 is 0 Å². The zero-order chi connectivity index (χ0) is 15.1. The maximum atomic E-state index is 12.3. The highest BCUT2D eigenvalue weighted by atomic mass is 35.5. The van der Waals surface area contributed by atoms with Crippen molar-refractivity contribution in [3.05, 3.63) is 63.1 Å². The van der Waals surface area contributed by atoms with Crippen LogP contribution < -0.4 is 5.73 Å². The Kier molecular flexibility index (Phi) is 3.35. The van der Waals surface area contributed by atoms with E-state index < -0.39 is 0 Å². The summed E-state index contributed by atoms with van der Waals surface area (Å²) >= 11 is 11.8. The van der Waals surface area contributed by atoms with Gasteiger partial charge in [-0.15, -0.1) is 0 Å². The number of amides is 2. The van der Waals surface area contributed by atoms with Gasteiger partial charge in [0, 0.05) is 5.69 Å². The van der Waals surface area contributed by atoms with Gasteiger partial charge in [-0.1, -0.05) is 35.3 Å². The summed E-state index contributed by atoms with van der Waals surface area (Å²) in [7, 11) is 0. The van der Waals surface area contributed by atoms with Crippen LogP contribution in [0.3, 0.4) is 0 Å². The summed E-state index contributed by atoms with van der Waals surface area (Å²) in [5, 5.41) is 0.665. The van der Waals surface area contributed by atoms with Crippen LogP contribution in [0.2, 0.25) is 10.0 Å². The molecule has 6 heteroatoms. The summed E-state index contributed by atoms with van der Waals surface area (Å²) in [5.41, 5.74) is 7.65. The number of halogens is 2. The third-order valence-electron chi connectivity index (χ3n) is 3.39. The Bertz CT molecular complexity index is 739. The van der Waals surface area contributed by atoms with Crippen molar-refractivity contribution in [3.63, 3.8) is 0 Å². The van der Waals surface area contributed by atoms with Crippen molar-refractivity contribution < 1.29 is 9.59 Å². The largest absolute Gasteiger partial charge is 0.398 e. The molecule has 0 spiro atoms. The molecule has 2 aromatic carbocycles. The van der Waals surface area contributed by atoms with E-state index in [4.69, 9.17) is 28.9 Å². The van der Waals surface area contributed by atoms with Crippen molar-refractivity contribution in [2.24, 2.45) is 0 Å². The normalized spacial score (nSPS) is 13.7. The highest BCUT2D eigenvalue weighted by Crippen LogP contribution is 2.30. The van der Waals surface area contributed by atoms with E-state index in [1.807, 2.05) is 0 Å². The van der Waals surface area contributed by atoms with Crippen molar-refractivity contribution in [3.8, 4) is 0 Å². The molecule has 106 valence electrons. The number of fused-ring (bicyclic) bond motifs is 1. The second kappa shape index (κ2) is 5.06. The average Bonchev–Trinajstić information content (AvgIpc) is 2.70. The lowest BCUT2D eigenvalue weighted by molar-refractivity contribution is 0.0642. The van der Waals surface area contributed by atoms with Crippen LogP contribution in [0.25, 0.3) is 0 Å². The number of nitrogens with two attached hydrogens (primary N) is 1. The van der Waals surface area contributed by atoms with Gasteiger partial charge in [0.25, 0.3) is 11.8 Å². The van der Waals surface area contributed by atoms with Gasteiger partial charge < -0.3 is 5.73 Å². The molecule has 1 heterocycles. The van der Waals surface area contributed by atoms with Crippen LogP contribution in [0.5, 0.6) is 0 Å². The van der Waals surface area contributed by atoms with Crippen molar-refractivity contribution in [1.29, 1.82) is 0 Å². The Morgan fingerprint density at radius 3 is 2.05 bits per heavy atom. The van der Waals surface area contributed by atoms with Crippen LogP contribution in [0.4, 0.5) is 5.69 Å². The first-order valence-electron chi connectivity index (χ1n) is 6.17. The van der Waals surface area contributed by atoms with Crippen molar-refractivity contribution in [1.82, 2.24) is 4.90 Å². The Labute approximate surface area is 131 Å². The Hall–Kier alpha value is -2.04. The van der Waals surface area contributed by atoms with Gasteiger partial charge >= 0.3 is 0 Å². The monoisotopic (exact) mass is 320 g/mol. The van der Waals surface area contributed by atoms with E-state index in [9.17, 15) is 9.59 Å². The molecular formula is C15H10Cl2N2O2. The number of nitrogens with zero attached hydrogens (tertiary/aromatic N) is 1. The van der Waals surface area contributed by atoms with Crippen molar-refractivity contribution in [2.75, 3.05) is 5.73 Å². The lowest BCUT2D eigenvalue weighted by Crippen LogP contribution is -2.29. The zero-order valence-electron chi connectivity index (χ0n) is 10.8. The standard InChI is InChI=1S/C15H10Cl2N2O2/c16-11-5-8(13(18)6-12(11)17)7-19-14(20)9-3-1-2-4-10(9)15(19)21/h1-6H,7,18H2. The molecule has 2 amide bonds. The lowest BCUT2D eigenvalue weighted by atomic mass is 10.1. The Morgan fingerprint density at radius 2 is 1.48 bits per heavy atom. The first kappa shape index (κ1) is 13.9. The fraction of sp³-hybridized carbons (Fsp3) is 0.0667. The summed E-state index contributed by atoms with van der Waals surface area (Å²) < 4.78 is 0. The zero-order valence-corrected chi connectivity index (χ0v) is 12.3. The minimum Gasteiger partial charge on any atom is -0.398 e. The third kappa shape index (κ3) is 2.26. The second-order valence-corrected chi connectivity index (χ2v) is 5.52. The first-order chi connectivity index (χ1) is 9.99. The van der Waals surface area contributed by atoms with Gasteiger partial charge in [0.05, 0.1) is 27.7 Å². The molecule has 1 aliphatic rings. The smallest absolute Gasteiger partial charge is 0.261 e.